The van der Waals surface area contributed by atoms with Gasteiger partial charge in [-0.2, -0.15) is 0 Å². The fraction of sp³-hybridized carbons (Fsp3) is 0.200. The van der Waals surface area contributed by atoms with Crippen molar-refractivity contribution in [3.8, 4) is 0 Å². The summed E-state index contributed by atoms with van der Waals surface area (Å²) in [6, 6.07) is 6.03. The highest BCUT2D eigenvalue weighted by Gasteiger charge is 2.05. The molecule has 0 bridgehead atoms. The van der Waals surface area contributed by atoms with Gasteiger partial charge in [0.2, 0.25) is 0 Å². The van der Waals surface area contributed by atoms with E-state index in [1.165, 1.54) is 4.70 Å². The van der Waals surface area contributed by atoms with Crippen LogP contribution in [0.4, 0.5) is 0 Å². The third-order valence-corrected chi connectivity index (χ3v) is 3.27. The lowest BCUT2D eigenvalue weighted by Crippen LogP contribution is -1.95. The lowest BCUT2D eigenvalue weighted by molar-refractivity contribution is 0.284. The molecule has 3 N–H and O–H groups in total. The number of aliphatic hydroxyl groups is 1. The smallest absolute Gasteiger partial charge is 0.0696 e. The van der Waals surface area contributed by atoms with Crippen molar-refractivity contribution in [2.75, 3.05) is 0 Å². The van der Waals surface area contributed by atoms with Gasteiger partial charge in [-0.15, -0.1) is 11.3 Å². The van der Waals surface area contributed by atoms with E-state index >= 15 is 0 Å². The Morgan fingerprint density at radius 3 is 2.85 bits per heavy atom. The molecule has 0 fully saturated rings. The predicted octanol–water partition coefficient (Wildman–Crippen LogP) is 1.85. The number of hydrogen-bond donors (Lipinski definition) is 2. The van der Waals surface area contributed by atoms with Crippen LogP contribution in [0, 0.1) is 0 Å². The number of hydrogen-bond acceptors (Lipinski definition) is 3. The fourth-order valence-electron chi connectivity index (χ4n) is 1.45. The maximum Gasteiger partial charge on any atom is 0.0696 e. The van der Waals surface area contributed by atoms with Crippen molar-refractivity contribution < 1.29 is 5.11 Å². The second-order valence-electron chi connectivity index (χ2n) is 2.92. The van der Waals surface area contributed by atoms with Crippen LogP contribution in [0.25, 0.3) is 10.1 Å². The molecule has 13 heavy (non-hydrogen) atoms. The zero-order valence-corrected chi connectivity index (χ0v) is 7.97. The highest BCUT2D eigenvalue weighted by Crippen LogP contribution is 2.28. The van der Waals surface area contributed by atoms with Crippen molar-refractivity contribution in [3.63, 3.8) is 0 Å². The minimum Gasteiger partial charge on any atom is -0.392 e. The summed E-state index contributed by atoms with van der Waals surface area (Å²) in [4.78, 5) is 0. The highest BCUT2D eigenvalue weighted by atomic mass is 32.1. The Kier molecular flexibility index (Phi) is 2.31. The summed E-state index contributed by atoms with van der Waals surface area (Å²) >= 11 is 1.65. The molecular formula is C10H11NOS. The van der Waals surface area contributed by atoms with E-state index in [0.717, 1.165) is 16.5 Å². The quantitative estimate of drug-likeness (QED) is 0.764. The van der Waals surface area contributed by atoms with Crippen LogP contribution in [0.3, 0.4) is 0 Å². The molecule has 1 aromatic heterocycles. The van der Waals surface area contributed by atoms with Gasteiger partial charge >= 0.3 is 0 Å². The molecule has 0 aliphatic rings. The minimum atomic E-state index is 0.105. The Morgan fingerprint density at radius 2 is 2.15 bits per heavy atom. The molecule has 0 saturated carbocycles. The second-order valence-corrected chi connectivity index (χ2v) is 3.80. The minimum absolute atomic E-state index is 0.105. The Bertz CT molecular complexity index is 422. The summed E-state index contributed by atoms with van der Waals surface area (Å²) < 4.78 is 1.20. The van der Waals surface area contributed by atoms with Gasteiger partial charge in [0, 0.05) is 11.2 Å². The molecule has 2 nitrogen and oxygen atoms in total. The second kappa shape index (κ2) is 3.46. The standard InChI is InChI=1S/C10H11NOS/c11-4-7-2-1-3-9-8(5-12)6-13-10(7)9/h1-3,6,12H,4-5,11H2. The summed E-state index contributed by atoms with van der Waals surface area (Å²) in [6.45, 7) is 0.663. The number of thiophene rings is 1. The van der Waals surface area contributed by atoms with Crippen LogP contribution in [0.5, 0.6) is 0 Å². The first-order valence-electron chi connectivity index (χ1n) is 4.15. The molecule has 1 aromatic carbocycles. The topological polar surface area (TPSA) is 46.2 Å². The maximum absolute atomic E-state index is 9.06. The van der Waals surface area contributed by atoms with E-state index in [4.69, 9.17) is 10.8 Å². The van der Waals surface area contributed by atoms with Crippen molar-refractivity contribution in [1.82, 2.24) is 0 Å². The van der Waals surface area contributed by atoms with Gasteiger partial charge in [0.15, 0.2) is 0 Å². The third kappa shape index (κ3) is 1.35. The van der Waals surface area contributed by atoms with Crippen LogP contribution in [0.1, 0.15) is 11.1 Å². The number of rotatable bonds is 2. The molecule has 0 aliphatic heterocycles. The molecule has 3 heteroatoms. The van der Waals surface area contributed by atoms with Gasteiger partial charge in [-0.1, -0.05) is 18.2 Å². The van der Waals surface area contributed by atoms with Crippen LogP contribution in [-0.2, 0) is 13.2 Å². The van der Waals surface area contributed by atoms with Gasteiger partial charge in [0.1, 0.15) is 0 Å². The molecule has 0 amide bonds. The van der Waals surface area contributed by atoms with Crippen molar-refractivity contribution in [2.24, 2.45) is 5.73 Å². The van der Waals surface area contributed by atoms with Crippen molar-refractivity contribution in [2.45, 2.75) is 13.2 Å². The number of fused-ring (bicyclic) bond motifs is 1. The average Bonchev–Trinajstić information content (AvgIpc) is 2.60. The molecule has 2 aromatic rings. The molecule has 0 unspecified atom stereocenters. The molecule has 68 valence electrons. The van der Waals surface area contributed by atoms with Crippen LogP contribution in [0.2, 0.25) is 0 Å². The summed E-state index contributed by atoms with van der Waals surface area (Å²) in [6.07, 6.45) is 0. The summed E-state index contributed by atoms with van der Waals surface area (Å²) in [5.74, 6) is 0. The summed E-state index contributed by atoms with van der Waals surface area (Å²) in [5, 5.41) is 12.2. The third-order valence-electron chi connectivity index (χ3n) is 2.15. The molecule has 1 heterocycles. The van der Waals surface area contributed by atoms with E-state index in [9.17, 15) is 0 Å². The van der Waals surface area contributed by atoms with E-state index < -0.39 is 0 Å². The van der Waals surface area contributed by atoms with Gasteiger partial charge in [-0.25, -0.2) is 0 Å². The number of benzene rings is 1. The van der Waals surface area contributed by atoms with Crippen molar-refractivity contribution >= 4 is 21.4 Å². The van der Waals surface area contributed by atoms with Gasteiger partial charge in [0.05, 0.1) is 6.61 Å². The summed E-state index contributed by atoms with van der Waals surface area (Å²) in [5.41, 5.74) is 7.76. The van der Waals surface area contributed by atoms with E-state index in [1.807, 2.05) is 23.6 Å². The zero-order chi connectivity index (χ0) is 9.26. The number of nitrogens with two attached hydrogens (primary N) is 1. The Morgan fingerprint density at radius 1 is 1.31 bits per heavy atom. The van der Waals surface area contributed by atoms with Gasteiger partial charge in [-0.05, 0) is 21.9 Å². The van der Waals surface area contributed by atoms with Crippen LogP contribution < -0.4 is 5.73 Å². The van der Waals surface area contributed by atoms with Gasteiger partial charge < -0.3 is 10.8 Å². The van der Waals surface area contributed by atoms with Crippen LogP contribution in [0.15, 0.2) is 23.6 Å². The average molecular weight is 193 g/mol. The molecule has 0 aliphatic carbocycles. The highest BCUT2D eigenvalue weighted by molar-refractivity contribution is 7.17. The first-order valence-corrected chi connectivity index (χ1v) is 5.03. The normalized spacial score (nSPS) is 10.9. The SMILES string of the molecule is NCc1cccc2c(CO)csc12. The largest absolute Gasteiger partial charge is 0.392 e. The van der Waals surface area contributed by atoms with Gasteiger partial charge in [-0.3, -0.25) is 0 Å². The van der Waals surface area contributed by atoms with Crippen LogP contribution in [-0.4, -0.2) is 5.11 Å². The van der Waals surface area contributed by atoms with Crippen molar-refractivity contribution in [1.29, 1.82) is 0 Å². The summed E-state index contributed by atoms with van der Waals surface area (Å²) in [7, 11) is 0. The first kappa shape index (κ1) is 8.69. The Labute approximate surface area is 80.6 Å². The molecule has 0 radical (unpaired) electrons. The van der Waals surface area contributed by atoms with E-state index in [2.05, 4.69) is 0 Å². The molecule has 0 saturated heterocycles. The van der Waals surface area contributed by atoms with Gasteiger partial charge in [0.25, 0.3) is 0 Å². The lowest BCUT2D eigenvalue weighted by Gasteiger charge is -1.98. The maximum atomic E-state index is 9.06. The zero-order valence-electron chi connectivity index (χ0n) is 7.16. The predicted molar refractivity (Wildman–Crippen MR) is 55.6 cm³/mol. The Hall–Kier alpha value is -0.900. The lowest BCUT2D eigenvalue weighted by atomic mass is 10.1. The fourth-order valence-corrected chi connectivity index (χ4v) is 2.54. The molecule has 2 rings (SSSR count). The Balaban J connectivity index is 2.72. The monoisotopic (exact) mass is 193 g/mol. The van der Waals surface area contributed by atoms with E-state index in [1.54, 1.807) is 11.3 Å². The molecule has 0 spiro atoms. The van der Waals surface area contributed by atoms with Crippen LogP contribution >= 0.6 is 11.3 Å². The van der Waals surface area contributed by atoms with E-state index in [-0.39, 0.29) is 6.61 Å². The first-order chi connectivity index (χ1) is 6.36. The van der Waals surface area contributed by atoms with Crippen molar-refractivity contribution in [3.05, 3.63) is 34.7 Å². The molecular weight excluding hydrogens is 182 g/mol. The van der Waals surface area contributed by atoms with E-state index in [0.29, 0.717) is 6.54 Å². The number of aliphatic hydroxyl groups excluding tert-OH is 1. The molecule has 0 atom stereocenters.